The van der Waals surface area contributed by atoms with Gasteiger partial charge in [-0.3, -0.25) is 4.98 Å². The van der Waals surface area contributed by atoms with Gasteiger partial charge in [0.15, 0.2) is 0 Å². The zero-order chi connectivity index (χ0) is 19.7. The third-order valence-electron chi connectivity index (χ3n) is 4.49. The van der Waals surface area contributed by atoms with Gasteiger partial charge in [0.2, 0.25) is 5.95 Å². The summed E-state index contributed by atoms with van der Waals surface area (Å²) in [6.07, 6.45) is 7.39. The van der Waals surface area contributed by atoms with Crippen molar-refractivity contribution in [1.82, 2.24) is 19.5 Å². The Hall–Kier alpha value is -3.74. The van der Waals surface area contributed by atoms with E-state index in [2.05, 4.69) is 44.9 Å². The molecule has 3 heterocycles. The third-order valence-corrected chi connectivity index (χ3v) is 4.49. The van der Waals surface area contributed by atoms with Crippen LogP contribution in [0.3, 0.4) is 0 Å². The molecule has 0 atom stereocenters. The van der Waals surface area contributed by atoms with Crippen LogP contribution < -0.4 is 5.32 Å². The van der Waals surface area contributed by atoms with Gasteiger partial charge in [0.1, 0.15) is 0 Å². The van der Waals surface area contributed by atoms with Gasteiger partial charge in [-0.15, -0.1) is 0 Å². The third kappa shape index (κ3) is 3.29. The summed E-state index contributed by atoms with van der Waals surface area (Å²) < 4.78 is 2.17. The van der Waals surface area contributed by atoms with E-state index in [0.717, 1.165) is 22.2 Å². The molecule has 0 spiro atoms. The maximum absolute atomic E-state index is 11.2. The molecule has 0 unspecified atom stereocenters. The highest BCUT2D eigenvalue weighted by molar-refractivity contribution is 5.95. The minimum absolute atomic E-state index is 0.202. The van der Waals surface area contributed by atoms with Crippen LogP contribution >= 0.6 is 0 Å². The van der Waals surface area contributed by atoms with Crippen molar-refractivity contribution in [3.63, 3.8) is 0 Å². The highest BCUT2D eigenvalue weighted by atomic mass is 16.4. The Kier molecular flexibility index (Phi) is 4.49. The second-order valence-electron chi connectivity index (χ2n) is 6.71. The monoisotopic (exact) mass is 373 g/mol. The molecule has 0 saturated carbocycles. The standard InChI is InChI=1S/C21H19N5O2/c1-13(2)26-12-17(16-6-8-22-11-19(16)26)18-7-9-23-21(25-18)24-15-5-3-4-14(10-15)20(27)28/h3-13H,1-2H3,(H,27,28)(H,23,24,25). The van der Waals surface area contributed by atoms with E-state index in [1.165, 1.54) is 0 Å². The van der Waals surface area contributed by atoms with E-state index < -0.39 is 5.97 Å². The van der Waals surface area contributed by atoms with E-state index in [0.29, 0.717) is 17.7 Å². The Morgan fingerprint density at radius 3 is 2.82 bits per heavy atom. The molecule has 0 saturated heterocycles. The number of aromatic carboxylic acids is 1. The van der Waals surface area contributed by atoms with Crippen molar-refractivity contribution >= 4 is 28.5 Å². The number of carbonyl (C=O) groups is 1. The van der Waals surface area contributed by atoms with Gasteiger partial charge in [-0.2, -0.15) is 0 Å². The lowest BCUT2D eigenvalue weighted by Crippen LogP contribution is -2.00. The molecule has 0 fully saturated rings. The van der Waals surface area contributed by atoms with Crippen LogP contribution in [0.4, 0.5) is 11.6 Å². The maximum atomic E-state index is 11.2. The number of rotatable bonds is 5. The molecule has 7 nitrogen and oxygen atoms in total. The average molecular weight is 373 g/mol. The van der Waals surface area contributed by atoms with Crippen molar-refractivity contribution in [3.05, 3.63) is 66.7 Å². The number of carboxylic acid groups (broad SMARTS) is 1. The first-order valence-corrected chi connectivity index (χ1v) is 8.91. The number of nitrogens with one attached hydrogen (secondary N) is 1. The molecule has 0 radical (unpaired) electrons. The Bertz CT molecular complexity index is 1170. The van der Waals surface area contributed by atoms with Crippen LogP contribution in [-0.4, -0.2) is 30.6 Å². The van der Waals surface area contributed by atoms with Crippen molar-refractivity contribution in [1.29, 1.82) is 0 Å². The zero-order valence-corrected chi connectivity index (χ0v) is 15.5. The van der Waals surface area contributed by atoms with Gasteiger partial charge in [0.25, 0.3) is 0 Å². The Morgan fingerprint density at radius 2 is 2.04 bits per heavy atom. The van der Waals surface area contributed by atoms with Crippen molar-refractivity contribution in [2.45, 2.75) is 19.9 Å². The van der Waals surface area contributed by atoms with Gasteiger partial charge < -0.3 is 15.0 Å². The van der Waals surface area contributed by atoms with E-state index >= 15 is 0 Å². The number of pyridine rings is 1. The second-order valence-corrected chi connectivity index (χ2v) is 6.71. The summed E-state index contributed by atoms with van der Waals surface area (Å²) in [6.45, 7) is 4.25. The van der Waals surface area contributed by atoms with Gasteiger partial charge in [-0.25, -0.2) is 14.8 Å². The predicted octanol–water partition coefficient (Wildman–Crippen LogP) is 4.52. The summed E-state index contributed by atoms with van der Waals surface area (Å²) in [5, 5.41) is 13.3. The van der Waals surface area contributed by atoms with Gasteiger partial charge in [-0.1, -0.05) is 6.07 Å². The van der Waals surface area contributed by atoms with E-state index in [1.807, 2.05) is 18.3 Å². The summed E-state index contributed by atoms with van der Waals surface area (Å²) in [6, 6.07) is 10.7. The number of anilines is 2. The zero-order valence-electron chi connectivity index (χ0n) is 15.5. The predicted molar refractivity (Wildman–Crippen MR) is 108 cm³/mol. The van der Waals surface area contributed by atoms with Crippen molar-refractivity contribution < 1.29 is 9.90 Å². The molecular weight excluding hydrogens is 354 g/mol. The van der Waals surface area contributed by atoms with Crippen LogP contribution in [0.15, 0.2) is 61.2 Å². The molecule has 0 bridgehead atoms. The molecule has 0 amide bonds. The first-order chi connectivity index (χ1) is 13.5. The molecule has 1 aromatic carbocycles. The molecule has 0 aliphatic carbocycles. The largest absolute Gasteiger partial charge is 0.478 e. The molecule has 140 valence electrons. The highest BCUT2D eigenvalue weighted by Crippen LogP contribution is 2.31. The lowest BCUT2D eigenvalue weighted by Gasteiger charge is -2.08. The molecule has 0 aliphatic rings. The topological polar surface area (TPSA) is 92.9 Å². The molecule has 0 aliphatic heterocycles. The van der Waals surface area contributed by atoms with E-state index in [4.69, 9.17) is 5.11 Å². The molecular formula is C21H19N5O2. The van der Waals surface area contributed by atoms with Crippen LogP contribution in [-0.2, 0) is 0 Å². The molecule has 4 aromatic rings. The lowest BCUT2D eigenvalue weighted by molar-refractivity contribution is 0.0697. The van der Waals surface area contributed by atoms with E-state index in [1.54, 1.807) is 36.7 Å². The Balaban J connectivity index is 1.73. The van der Waals surface area contributed by atoms with Crippen molar-refractivity contribution in [2.75, 3.05) is 5.32 Å². The molecule has 4 rings (SSSR count). The lowest BCUT2D eigenvalue weighted by atomic mass is 10.1. The first-order valence-electron chi connectivity index (χ1n) is 8.91. The number of benzene rings is 1. The summed E-state index contributed by atoms with van der Waals surface area (Å²) in [5.74, 6) is -0.576. The number of hydrogen-bond donors (Lipinski definition) is 2. The SMILES string of the molecule is CC(C)n1cc(-c2ccnc(Nc3cccc(C(=O)O)c3)n2)c2ccncc21. The fourth-order valence-electron chi connectivity index (χ4n) is 3.16. The van der Waals surface area contributed by atoms with Gasteiger partial charge in [-0.05, 0) is 44.2 Å². The van der Waals surface area contributed by atoms with Gasteiger partial charge >= 0.3 is 5.97 Å². The van der Waals surface area contributed by atoms with Crippen LogP contribution in [0.25, 0.3) is 22.2 Å². The minimum atomic E-state index is -0.978. The maximum Gasteiger partial charge on any atom is 0.335 e. The van der Waals surface area contributed by atoms with Crippen LogP contribution in [0.1, 0.15) is 30.2 Å². The fourth-order valence-corrected chi connectivity index (χ4v) is 3.16. The Labute approximate surface area is 161 Å². The van der Waals surface area contributed by atoms with Gasteiger partial charge in [0, 0.05) is 41.3 Å². The minimum Gasteiger partial charge on any atom is -0.478 e. The quantitative estimate of drug-likeness (QED) is 0.534. The van der Waals surface area contributed by atoms with Crippen molar-refractivity contribution in [2.24, 2.45) is 0 Å². The van der Waals surface area contributed by atoms with E-state index in [9.17, 15) is 4.79 Å². The summed E-state index contributed by atoms with van der Waals surface area (Å²) in [7, 11) is 0. The normalized spacial score (nSPS) is 11.1. The molecule has 3 aromatic heterocycles. The summed E-state index contributed by atoms with van der Waals surface area (Å²) >= 11 is 0. The second kappa shape index (κ2) is 7.11. The smallest absolute Gasteiger partial charge is 0.335 e. The van der Waals surface area contributed by atoms with Gasteiger partial charge in [0.05, 0.1) is 23.0 Å². The summed E-state index contributed by atoms with van der Waals surface area (Å²) in [5.41, 5.74) is 3.65. The molecule has 28 heavy (non-hydrogen) atoms. The highest BCUT2D eigenvalue weighted by Gasteiger charge is 2.14. The van der Waals surface area contributed by atoms with E-state index in [-0.39, 0.29) is 5.56 Å². The van der Waals surface area contributed by atoms with Crippen LogP contribution in [0.5, 0.6) is 0 Å². The Morgan fingerprint density at radius 1 is 1.18 bits per heavy atom. The number of fused-ring (bicyclic) bond motifs is 1. The van der Waals surface area contributed by atoms with Crippen LogP contribution in [0.2, 0.25) is 0 Å². The number of nitrogens with zero attached hydrogens (tertiary/aromatic N) is 4. The summed E-state index contributed by atoms with van der Waals surface area (Å²) in [4.78, 5) is 24.3. The fraction of sp³-hybridized carbons (Fsp3) is 0.143. The van der Waals surface area contributed by atoms with Crippen LogP contribution in [0, 0.1) is 0 Å². The number of hydrogen-bond acceptors (Lipinski definition) is 5. The number of aromatic nitrogens is 4. The number of carboxylic acids is 1. The van der Waals surface area contributed by atoms with Crippen molar-refractivity contribution in [3.8, 4) is 11.3 Å². The average Bonchev–Trinajstić information content (AvgIpc) is 3.08. The molecule has 2 N–H and O–H groups in total. The molecule has 7 heteroatoms. The first kappa shape index (κ1) is 17.7.